The van der Waals surface area contributed by atoms with E-state index in [-0.39, 0.29) is 17.7 Å². The second-order valence-electron chi connectivity index (χ2n) is 7.78. The molecule has 6 nitrogen and oxygen atoms in total. The van der Waals surface area contributed by atoms with E-state index in [0.29, 0.717) is 22.5 Å². The van der Waals surface area contributed by atoms with Crippen LogP contribution in [0.25, 0.3) is 22.4 Å². The number of carbonyl (C=O) groups excluding carboxylic acids is 2. The van der Waals surface area contributed by atoms with Crippen molar-refractivity contribution in [2.75, 3.05) is 13.1 Å². The first-order valence-electron chi connectivity index (χ1n) is 10.1. The summed E-state index contributed by atoms with van der Waals surface area (Å²) in [5, 5.41) is 3.73. The number of hydrogen-bond donors (Lipinski definition) is 1. The van der Waals surface area contributed by atoms with Crippen molar-refractivity contribution in [3.8, 4) is 11.5 Å². The first-order valence-corrected chi connectivity index (χ1v) is 10.1. The lowest BCUT2D eigenvalue weighted by atomic mass is 10.0. The molecular weight excluding hydrogens is 366 g/mol. The van der Waals surface area contributed by atoms with E-state index < -0.39 is 6.04 Å². The summed E-state index contributed by atoms with van der Waals surface area (Å²) in [6, 6.07) is 12.3. The van der Waals surface area contributed by atoms with Crippen LogP contribution in [0.1, 0.15) is 37.0 Å². The van der Waals surface area contributed by atoms with Crippen molar-refractivity contribution in [3.63, 3.8) is 0 Å². The van der Waals surface area contributed by atoms with Gasteiger partial charge in [-0.05, 0) is 43.0 Å². The van der Waals surface area contributed by atoms with Crippen molar-refractivity contribution in [2.45, 2.75) is 32.7 Å². The zero-order chi connectivity index (χ0) is 20.4. The summed E-state index contributed by atoms with van der Waals surface area (Å²) >= 11 is 0. The third kappa shape index (κ3) is 3.88. The van der Waals surface area contributed by atoms with E-state index in [2.05, 4.69) is 10.3 Å². The van der Waals surface area contributed by atoms with Crippen LogP contribution in [-0.2, 0) is 4.79 Å². The molecule has 29 heavy (non-hydrogen) atoms. The number of benzene rings is 1. The minimum absolute atomic E-state index is 0.00419. The lowest BCUT2D eigenvalue weighted by molar-refractivity contribution is -0.133. The van der Waals surface area contributed by atoms with Gasteiger partial charge in [0.25, 0.3) is 5.91 Å². The van der Waals surface area contributed by atoms with E-state index in [1.165, 1.54) is 0 Å². The molecule has 3 aromatic rings. The molecule has 1 aromatic carbocycles. The number of rotatable bonds is 5. The molecule has 2 aromatic heterocycles. The van der Waals surface area contributed by atoms with Gasteiger partial charge in [0.15, 0.2) is 5.76 Å². The Bertz CT molecular complexity index is 1020. The Morgan fingerprint density at radius 2 is 1.86 bits per heavy atom. The number of para-hydroxylation sites is 1. The van der Waals surface area contributed by atoms with Gasteiger partial charge in [0, 0.05) is 18.5 Å². The summed E-state index contributed by atoms with van der Waals surface area (Å²) < 4.78 is 5.47. The molecule has 0 radical (unpaired) electrons. The van der Waals surface area contributed by atoms with Crippen LogP contribution < -0.4 is 5.32 Å². The summed E-state index contributed by atoms with van der Waals surface area (Å²) in [4.78, 5) is 32.7. The molecule has 2 amide bonds. The van der Waals surface area contributed by atoms with Crippen molar-refractivity contribution in [2.24, 2.45) is 5.92 Å². The molecule has 1 N–H and O–H groups in total. The Kier molecular flexibility index (Phi) is 5.34. The van der Waals surface area contributed by atoms with Crippen molar-refractivity contribution >= 4 is 22.7 Å². The van der Waals surface area contributed by atoms with Gasteiger partial charge >= 0.3 is 0 Å². The summed E-state index contributed by atoms with van der Waals surface area (Å²) in [7, 11) is 0. The maximum atomic E-state index is 13.3. The van der Waals surface area contributed by atoms with Crippen LogP contribution in [0.3, 0.4) is 0 Å². The largest absolute Gasteiger partial charge is 0.463 e. The number of aromatic nitrogens is 1. The molecular formula is C23H25N3O3. The Morgan fingerprint density at radius 3 is 2.55 bits per heavy atom. The number of likely N-dealkylation sites (tertiary alicyclic amines) is 1. The van der Waals surface area contributed by atoms with Gasteiger partial charge in [-0.15, -0.1) is 0 Å². The average molecular weight is 391 g/mol. The minimum atomic E-state index is -0.556. The topological polar surface area (TPSA) is 75.4 Å². The van der Waals surface area contributed by atoms with Crippen LogP contribution in [0, 0.1) is 5.92 Å². The summed E-state index contributed by atoms with van der Waals surface area (Å²) in [5.41, 5.74) is 1.78. The third-order valence-corrected chi connectivity index (χ3v) is 5.37. The highest BCUT2D eigenvalue weighted by atomic mass is 16.3. The molecule has 6 heteroatoms. The first-order chi connectivity index (χ1) is 14.0. The Morgan fingerprint density at radius 1 is 1.10 bits per heavy atom. The third-order valence-electron chi connectivity index (χ3n) is 5.37. The zero-order valence-electron chi connectivity index (χ0n) is 16.7. The van der Waals surface area contributed by atoms with Gasteiger partial charge < -0.3 is 14.6 Å². The van der Waals surface area contributed by atoms with Crippen molar-refractivity contribution in [1.82, 2.24) is 15.2 Å². The summed E-state index contributed by atoms with van der Waals surface area (Å²) in [5.74, 6) is 0.307. The molecule has 1 fully saturated rings. The normalized spacial score (nSPS) is 15.1. The van der Waals surface area contributed by atoms with E-state index in [1.807, 2.05) is 49.1 Å². The van der Waals surface area contributed by atoms with Gasteiger partial charge in [0.05, 0.1) is 17.3 Å². The van der Waals surface area contributed by atoms with Crippen molar-refractivity contribution in [1.29, 1.82) is 0 Å². The monoisotopic (exact) mass is 391 g/mol. The number of hydrogen-bond acceptors (Lipinski definition) is 4. The van der Waals surface area contributed by atoms with Gasteiger partial charge in [0.1, 0.15) is 11.7 Å². The van der Waals surface area contributed by atoms with Crippen LogP contribution in [0.15, 0.2) is 53.1 Å². The predicted molar refractivity (Wildman–Crippen MR) is 111 cm³/mol. The second-order valence-corrected chi connectivity index (χ2v) is 7.78. The van der Waals surface area contributed by atoms with E-state index in [0.717, 1.165) is 31.3 Å². The molecule has 0 aliphatic carbocycles. The van der Waals surface area contributed by atoms with Crippen LogP contribution in [0.4, 0.5) is 0 Å². The number of furan rings is 1. The first kappa shape index (κ1) is 19.2. The van der Waals surface area contributed by atoms with E-state index in [9.17, 15) is 9.59 Å². The molecule has 1 aliphatic rings. The van der Waals surface area contributed by atoms with E-state index in [1.54, 1.807) is 18.4 Å². The van der Waals surface area contributed by atoms with Crippen LogP contribution in [0.5, 0.6) is 0 Å². The summed E-state index contributed by atoms with van der Waals surface area (Å²) in [6.07, 6.45) is 3.62. The van der Waals surface area contributed by atoms with E-state index in [4.69, 9.17) is 4.42 Å². The van der Waals surface area contributed by atoms with Crippen molar-refractivity contribution < 1.29 is 14.0 Å². The Balaban J connectivity index is 1.69. The fraction of sp³-hybridized carbons (Fsp3) is 0.348. The number of nitrogens with one attached hydrogen (secondary N) is 1. The highest BCUT2D eigenvalue weighted by molar-refractivity contribution is 6.08. The van der Waals surface area contributed by atoms with Crippen LogP contribution in [-0.4, -0.2) is 40.8 Å². The lowest BCUT2D eigenvalue weighted by Crippen LogP contribution is -2.50. The van der Waals surface area contributed by atoms with Gasteiger partial charge in [-0.3, -0.25) is 9.59 Å². The molecule has 0 bridgehead atoms. The van der Waals surface area contributed by atoms with E-state index >= 15 is 0 Å². The number of nitrogens with zero attached hydrogens (tertiary/aromatic N) is 2. The molecule has 0 saturated carbocycles. The maximum Gasteiger partial charge on any atom is 0.252 e. The highest BCUT2D eigenvalue weighted by Gasteiger charge is 2.30. The highest BCUT2D eigenvalue weighted by Crippen LogP contribution is 2.25. The molecule has 1 aliphatic heterocycles. The molecule has 0 spiro atoms. The fourth-order valence-corrected chi connectivity index (χ4v) is 3.78. The zero-order valence-corrected chi connectivity index (χ0v) is 16.7. The summed E-state index contributed by atoms with van der Waals surface area (Å²) in [6.45, 7) is 5.44. The number of amides is 2. The molecule has 1 saturated heterocycles. The molecule has 3 heterocycles. The standard InChI is InChI=1S/C23H25N3O3/c1-15(2)21(23(28)26-11-5-6-12-26)25-22(27)17-14-19(20-10-7-13-29-20)24-18-9-4-3-8-16(17)18/h3-4,7-10,13-15,21H,5-6,11-12H2,1-2H3,(H,25,27)/t21-/m0/s1. The fourth-order valence-electron chi connectivity index (χ4n) is 3.78. The van der Waals surface area contributed by atoms with Gasteiger partial charge in [-0.1, -0.05) is 32.0 Å². The number of carbonyl (C=O) groups is 2. The maximum absolute atomic E-state index is 13.3. The predicted octanol–water partition coefficient (Wildman–Crippen LogP) is 3.87. The smallest absolute Gasteiger partial charge is 0.252 e. The molecule has 150 valence electrons. The number of pyridine rings is 1. The van der Waals surface area contributed by atoms with Gasteiger partial charge in [0.2, 0.25) is 5.91 Å². The molecule has 1 atom stereocenters. The quantitative estimate of drug-likeness (QED) is 0.716. The Hall–Kier alpha value is -3.15. The molecule has 0 unspecified atom stereocenters. The second kappa shape index (κ2) is 8.07. The SMILES string of the molecule is CC(C)[C@H](NC(=O)c1cc(-c2ccco2)nc2ccccc12)C(=O)N1CCCC1. The van der Waals surface area contributed by atoms with Crippen LogP contribution in [0.2, 0.25) is 0 Å². The minimum Gasteiger partial charge on any atom is -0.463 e. The number of fused-ring (bicyclic) bond motifs is 1. The Labute approximate surface area is 169 Å². The molecule has 4 rings (SSSR count). The van der Waals surface area contributed by atoms with Crippen molar-refractivity contribution in [3.05, 3.63) is 54.3 Å². The average Bonchev–Trinajstić information content (AvgIpc) is 3.44. The van der Waals surface area contributed by atoms with Gasteiger partial charge in [-0.2, -0.15) is 0 Å². The lowest BCUT2D eigenvalue weighted by Gasteiger charge is -2.27. The van der Waals surface area contributed by atoms with Crippen LogP contribution >= 0.6 is 0 Å². The van der Waals surface area contributed by atoms with Gasteiger partial charge in [-0.25, -0.2) is 4.98 Å².